The van der Waals surface area contributed by atoms with Crippen LogP contribution < -0.4 is 10.2 Å². The minimum absolute atomic E-state index is 0.277. The molecule has 3 aromatic carbocycles. The van der Waals surface area contributed by atoms with Gasteiger partial charge in [-0.25, -0.2) is 0 Å². The molecule has 0 aromatic heterocycles. The van der Waals surface area contributed by atoms with Crippen LogP contribution in [0, 0.1) is 19.3 Å². The van der Waals surface area contributed by atoms with Crippen LogP contribution in [0.5, 0.6) is 0 Å². The van der Waals surface area contributed by atoms with E-state index in [0.29, 0.717) is 27.8 Å². The molecule has 1 aliphatic rings. The molecule has 0 saturated heterocycles. The molecule has 0 fully saturated rings. The summed E-state index contributed by atoms with van der Waals surface area (Å²) in [5, 5.41) is 4.12. The van der Waals surface area contributed by atoms with E-state index < -0.39 is 5.41 Å². The average molecular weight is 453 g/mol. The number of benzene rings is 3. The van der Waals surface area contributed by atoms with Crippen molar-refractivity contribution in [1.29, 1.82) is 0 Å². The summed E-state index contributed by atoms with van der Waals surface area (Å²) in [6.07, 6.45) is 0.309. The van der Waals surface area contributed by atoms with E-state index in [-0.39, 0.29) is 11.8 Å². The lowest BCUT2D eigenvalue weighted by Gasteiger charge is -2.40. The molecule has 0 aliphatic carbocycles. The Bertz CT molecular complexity index is 1210. The molecule has 4 nitrogen and oxygen atoms in total. The number of hydrogen-bond acceptors (Lipinski definition) is 2. The summed E-state index contributed by atoms with van der Waals surface area (Å²) < 4.78 is 0. The number of aryl methyl sites for hydroxylation is 2. The zero-order valence-electron chi connectivity index (χ0n) is 17.5. The van der Waals surface area contributed by atoms with Gasteiger partial charge in [0, 0.05) is 15.7 Å². The summed E-state index contributed by atoms with van der Waals surface area (Å²) in [6, 6.07) is 18.3. The number of para-hydroxylation sites is 1. The molecule has 6 heteroatoms. The van der Waals surface area contributed by atoms with E-state index in [1.165, 1.54) is 0 Å². The number of hydrogen-bond donors (Lipinski definition) is 1. The van der Waals surface area contributed by atoms with Gasteiger partial charge in [-0.3, -0.25) is 14.5 Å². The third kappa shape index (κ3) is 3.82. The molecule has 158 valence electrons. The topological polar surface area (TPSA) is 49.4 Å². The maximum atomic E-state index is 13.8. The summed E-state index contributed by atoms with van der Waals surface area (Å²) in [5.74, 6) is -0.630. The van der Waals surface area contributed by atoms with E-state index in [0.717, 1.165) is 22.4 Å². The minimum Gasteiger partial charge on any atom is -0.325 e. The molecule has 0 saturated carbocycles. The van der Waals surface area contributed by atoms with Crippen LogP contribution in [0.4, 0.5) is 17.1 Å². The second-order valence-electron chi connectivity index (χ2n) is 8.12. The first-order valence-electron chi connectivity index (χ1n) is 9.97. The van der Waals surface area contributed by atoms with Crippen LogP contribution in [0.1, 0.15) is 23.6 Å². The van der Waals surface area contributed by atoms with Gasteiger partial charge in [0.25, 0.3) is 0 Å². The number of amides is 2. The van der Waals surface area contributed by atoms with Crippen molar-refractivity contribution in [2.24, 2.45) is 5.41 Å². The van der Waals surface area contributed by atoms with Crippen LogP contribution in [0.25, 0.3) is 0 Å². The Morgan fingerprint density at radius 3 is 2.26 bits per heavy atom. The smallest absolute Gasteiger partial charge is 0.247 e. The van der Waals surface area contributed by atoms with E-state index in [1.807, 2.05) is 50.2 Å². The lowest BCUT2D eigenvalue weighted by atomic mass is 9.77. The van der Waals surface area contributed by atoms with Crippen LogP contribution in [-0.4, -0.2) is 11.8 Å². The summed E-state index contributed by atoms with van der Waals surface area (Å²) >= 11 is 12.2. The fraction of sp³-hybridized carbons (Fsp3) is 0.200. The number of carbonyl (C=O) groups excluding carboxylic acids is 2. The fourth-order valence-corrected chi connectivity index (χ4v) is 4.46. The van der Waals surface area contributed by atoms with Gasteiger partial charge in [-0.2, -0.15) is 0 Å². The van der Waals surface area contributed by atoms with Gasteiger partial charge in [0.1, 0.15) is 5.41 Å². The lowest BCUT2D eigenvalue weighted by molar-refractivity contribution is -0.137. The molecular weight excluding hydrogens is 431 g/mol. The third-order valence-electron chi connectivity index (χ3n) is 5.79. The second kappa shape index (κ2) is 8.03. The molecular formula is C25H22Cl2N2O2. The summed E-state index contributed by atoms with van der Waals surface area (Å²) in [4.78, 5) is 28.9. The Kier molecular flexibility index (Phi) is 5.54. The molecule has 3 aromatic rings. The van der Waals surface area contributed by atoms with Crippen LogP contribution in [0.3, 0.4) is 0 Å². The Morgan fingerprint density at radius 2 is 1.58 bits per heavy atom. The quantitative estimate of drug-likeness (QED) is 0.462. The normalized spacial score (nSPS) is 18.0. The predicted octanol–water partition coefficient (Wildman–Crippen LogP) is 6.48. The maximum absolute atomic E-state index is 13.8. The van der Waals surface area contributed by atoms with Crippen molar-refractivity contribution >= 4 is 52.1 Å². The van der Waals surface area contributed by atoms with Crippen molar-refractivity contribution in [1.82, 2.24) is 0 Å². The number of nitrogens with one attached hydrogen (secondary N) is 1. The Morgan fingerprint density at radius 1 is 0.935 bits per heavy atom. The highest BCUT2D eigenvalue weighted by atomic mass is 35.5. The number of rotatable bonds is 3. The molecule has 1 aliphatic heterocycles. The van der Waals surface area contributed by atoms with Gasteiger partial charge in [0.2, 0.25) is 11.8 Å². The van der Waals surface area contributed by atoms with E-state index in [9.17, 15) is 9.59 Å². The van der Waals surface area contributed by atoms with Crippen LogP contribution in [0.2, 0.25) is 10.0 Å². The molecule has 4 rings (SSSR count). The first kappa shape index (κ1) is 21.4. The van der Waals surface area contributed by atoms with Crippen molar-refractivity contribution in [3.05, 3.63) is 87.4 Å². The highest BCUT2D eigenvalue weighted by Crippen LogP contribution is 2.43. The molecule has 0 spiro atoms. The Labute approximate surface area is 191 Å². The average Bonchev–Trinajstić information content (AvgIpc) is 2.72. The molecule has 1 atom stereocenters. The lowest BCUT2D eigenvalue weighted by Crippen LogP contribution is -2.52. The van der Waals surface area contributed by atoms with Gasteiger partial charge < -0.3 is 5.32 Å². The molecule has 2 amide bonds. The summed E-state index contributed by atoms with van der Waals surface area (Å²) in [5.41, 5.74) is 3.46. The number of fused-ring (bicyclic) bond motifs is 1. The first-order chi connectivity index (χ1) is 14.7. The van der Waals surface area contributed by atoms with Crippen molar-refractivity contribution < 1.29 is 9.59 Å². The van der Waals surface area contributed by atoms with Gasteiger partial charge in [0.15, 0.2) is 0 Å². The zero-order valence-corrected chi connectivity index (χ0v) is 19.0. The van der Waals surface area contributed by atoms with Crippen molar-refractivity contribution in [2.75, 3.05) is 10.2 Å². The van der Waals surface area contributed by atoms with Gasteiger partial charge >= 0.3 is 0 Å². The SMILES string of the molecule is Cc1cc(Cl)ccc1NC(=O)C1(C)Cc2ccccc2N(c2ccc(Cl)cc2C)C1=O. The molecule has 31 heavy (non-hydrogen) atoms. The highest BCUT2D eigenvalue weighted by Gasteiger charge is 2.49. The van der Waals surface area contributed by atoms with E-state index in [4.69, 9.17) is 23.2 Å². The largest absolute Gasteiger partial charge is 0.325 e. The maximum Gasteiger partial charge on any atom is 0.247 e. The number of halogens is 2. The van der Waals surface area contributed by atoms with E-state index in [1.54, 1.807) is 36.1 Å². The van der Waals surface area contributed by atoms with Crippen LogP contribution >= 0.6 is 23.2 Å². The summed E-state index contributed by atoms with van der Waals surface area (Å²) in [6.45, 7) is 5.47. The molecule has 1 unspecified atom stereocenters. The molecule has 1 N–H and O–H groups in total. The Hall–Kier alpha value is -2.82. The number of anilines is 3. The molecule has 1 heterocycles. The van der Waals surface area contributed by atoms with Crippen molar-refractivity contribution in [3.63, 3.8) is 0 Å². The van der Waals surface area contributed by atoms with Gasteiger partial charge in [-0.15, -0.1) is 0 Å². The molecule has 0 radical (unpaired) electrons. The van der Waals surface area contributed by atoms with Crippen LogP contribution in [-0.2, 0) is 16.0 Å². The fourth-order valence-electron chi connectivity index (χ4n) is 4.01. The van der Waals surface area contributed by atoms with Crippen LogP contribution in [0.15, 0.2) is 60.7 Å². The number of nitrogens with zero attached hydrogens (tertiary/aromatic N) is 1. The number of carbonyl (C=O) groups is 2. The predicted molar refractivity (Wildman–Crippen MR) is 126 cm³/mol. The second-order valence-corrected chi connectivity index (χ2v) is 9.00. The van der Waals surface area contributed by atoms with E-state index >= 15 is 0 Å². The third-order valence-corrected chi connectivity index (χ3v) is 6.26. The van der Waals surface area contributed by atoms with Gasteiger partial charge in [-0.1, -0.05) is 41.4 Å². The highest BCUT2D eigenvalue weighted by molar-refractivity contribution is 6.31. The van der Waals surface area contributed by atoms with Crippen molar-refractivity contribution in [3.8, 4) is 0 Å². The Balaban J connectivity index is 1.78. The van der Waals surface area contributed by atoms with Gasteiger partial charge in [-0.05, 0) is 86.3 Å². The van der Waals surface area contributed by atoms with Crippen molar-refractivity contribution in [2.45, 2.75) is 27.2 Å². The summed E-state index contributed by atoms with van der Waals surface area (Å²) in [7, 11) is 0. The van der Waals surface area contributed by atoms with E-state index in [2.05, 4.69) is 5.32 Å². The monoisotopic (exact) mass is 452 g/mol. The first-order valence-corrected chi connectivity index (χ1v) is 10.7. The zero-order chi connectivity index (χ0) is 22.3. The molecule has 0 bridgehead atoms. The minimum atomic E-state index is -1.29. The standard InChI is InChI=1S/C25H22Cl2N2O2/c1-15-12-18(26)8-10-20(15)28-23(30)25(3)14-17-6-4-5-7-22(17)29(24(25)31)21-11-9-19(27)13-16(21)2/h4-13H,14H2,1-3H3,(H,28,30). The van der Waals surface area contributed by atoms with Gasteiger partial charge in [0.05, 0.1) is 11.4 Å².